The van der Waals surface area contributed by atoms with Crippen molar-refractivity contribution >= 4 is 5.96 Å². The molecule has 0 saturated heterocycles. The summed E-state index contributed by atoms with van der Waals surface area (Å²) in [6.07, 6.45) is -2.11. The summed E-state index contributed by atoms with van der Waals surface area (Å²) in [4.78, 5) is 4.49. The highest BCUT2D eigenvalue weighted by Gasteiger charge is 2.30. The second-order valence-electron chi connectivity index (χ2n) is 7.25. The fourth-order valence-corrected chi connectivity index (χ4v) is 3.20. The molecule has 6 nitrogen and oxygen atoms in total. The van der Waals surface area contributed by atoms with E-state index in [1.54, 1.807) is 12.3 Å². The van der Waals surface area contributed by atoms with Crippen LogP contribution < -0.4 is 10.6 Å². The largest absolute Gasteiger partial charge is 0.469 e. The molecule has 2 aromatic heterocycles. The number of aryl methyl sites for hydroxylation is 2. The number of nitrogens with one attached hydrogen (secondary N) is 2. The number of halogens is 3. The van der Waals surface area contributed by atoms with Gasteiger partial charge in [0.05, 0.1) is 24.1 Å². The normalized spacial score (nSPS) is 12.3. The number of guanidine groups is 1. The summed E-state index contributed by atoms with van der Waals surface area (Å²) in [5.41, 5.74) is 2.82. The molecule has 31 heavy (non-hydrogen) atoms. The van der Waals surface area contributed by atoms with Crippen molar-refractivity contribution in [2.45, 2.75) is 39.5 Å². The van der Waals surface area contributed by atoms with Crippen LogP contribution in [0.2, 0.25) is 0 Å². The lowest BCUT2D eigenvalue weighted by molar-refractivity contribution is -0.137. The molecule has 0 fully saturated rings. The van der Waals surface area contributed by atoms with Crippen molar-refractivity contribution in [2.75, 3.05) is 6.54 Å². The SMILES string of the molecule is Cc1nn(C)c(C)c1CNC(=NCc1cccc(C(F)(F)F)c1)NCCc1ccco1. The third kappa shape index (κ3) is 6.13. The second kappa shape index (κ2) is 9.72. The molecule has 166 valence electrons. The van der Waals surface area contributed by atoms with Crippen molar-refractivity contribution in [3.63, 3.8) is 0 Å². The summed E-state index contributed by atoms with van der Waals surface area (Å²) in [5.74, 6) is 1.34. The van der Waals surface area contributed by atoms with E-state index in [0.717, 1.165) is 34.8 Å². The van der Waals surface area contributed by atoms with Crippen molar-refractivity contribution in [1.29, 1.82) is 0 Å². The van der Waals surface area contributed by atoms with Crippen LogP contribution in [0.25, 0.3) is 0 Å². The number of aliphatic imine (C=N–C) groups is 1. The Morgan fingerprint density at radius 3 is 2.61 bits per heavy atom. The summed E-state index contributed by atoms with van der Waals surface area (Å²) >= 11 is 0. The summed E-state index contributed by atoms with van der Waals surface area (Å²) in [6, 6.07) is 8.92. The maximum absolute atomic E-state index is 13.0. The Morgan fingerprint density at radius 1 is 1.16 bits per heavy atom. The molecule has 0 amide bonds. The maximum Gasteiger partial charge on any atom is 0.416 e. The monoisotopic (exact) mass is 433 g/mol. The number of hydrogen-bond acceptors (Lipinski definition) is 3. The van der Waals surface area contributed by atoms with Gasteiger partial charge in [0.1, 0.15) is 5.76 Å². The first-order valence-electron chi connectivity index (χ1n) is 9.94. The van der Waals surface area contributed by atoms with Crippen molar-refractivity contribution in [2.24, 2.45) is 12.0 Å². The van der Waals surface area contributed by atoms with Crippen molar-refractivity contribution < 1.29 is 17.6 Å². The van der Waals surface area contributed by atoms with Gasteiger partial charge in [-0.25, -0.2) is 4.99 Å². The molecule has 1 aromatic carbocycles. The lowest BCUT2D eigenvalue weighted by Gasteiger charge is -2.13. The van der Waals surface area contributed by atoms with E-state index < -0.39 is 11.7 Å². The fourth-order valence-electron chi connectivity index (χ4n) is 3.20. The van der Waals surface area contributed by atoms with Crippen molar-refractivity contribution in [3.05, 3.63) is 76.5 Å². The number of rotatable bonds is 7. The molecule has 3 aromatic rings. The molecule has 9 heteroatoms. The van der Waals surface area contributed by atoms with Crippen LogP contribution in [-0.2, 0) is 32.7 Å². The molecule has 0 radical (unpaired) electrons. The smallest absolute Gasteiger partial charge is 0.416 e. The van der Waals surface area contributed by atoms with Crippen LogP contribution in [0.1, 0.15) is 33.8 Å². The first-order valence-corrected chi connectivity index (χ1v) is 9.94. The molecule has 0 spiro atoms. The van der Waals surface area contributed by atoms with Crippen LogP contribution in [0.15, 0.2) is 52.1 Å². The Labute approximate surface area is 179 Å². The Kier molecular flexibility index (Phi) is 7.04. The molecule has 2 heterocycles. The van der Waals surface area contributed by atoms with Crippen LogP contribution in [0.5, 0.6) is 0 Å². The molecular weight excluding hydrogens is 407 g/mol. The first-order chi connectivity index (χ1) is 14.7. The number of aromatic nitrogens is 2. The number of furan rings is 1. The zero-order valence-corrected chi connectivity index (χ0v) is 17.8. The van der Waals surface area contributed by atoms with E-state index in [0.29, 0.717) is 31.0 Å². The van der Waals surface area contributed by atoms with Gasteiger partial charge in [-0.05, 0) is 43.7 Å². The van der Waals surface area contributed by atoms with Crippen LogP contribution >= 0.6 is 0 Å². The summed E-state index contributed by atoms with van der Waals surface area (Å²) in [7, 11) is 1.89. The zero-order valence-electron chi connectivity index (χ0n) is 17.8. The van der Waals surface area contributed by atoms with E-state index in [2.05, 4.69) is 20.7 Å². The van der Waals surface area contributed by atoms with Gasteiger partial charge in [-0.3, -0.25) is 4.68 Å². The highest BCUT2D eigenvalue weighted by atomic mass is 19.4. The fraction of sp³-hybridized carbons (Fsp3) is 0.364. The van der Waals surface area contributed by atoms with Gasteiger partial charge in [0.25, 0.3) is 0 Å². The van der Waals surface area contributed by atoms with E-state index in [9.17, 15) is 13.2 Å². The minimum atomic E-state index is -4.38. The Morgan fingerprint density at radius 2 is 1.97 bits per heavy atom. The average Bonchev–Trinajstić information content (AvgIpc) is 3.32. The Bertz CT molecular complexity index is 1020. The van der Waals surface area contributed by atoms with Crippen LogP contribution in [0, 0.1) is 13.8 Å². The van der Waals surface area contributed by atoms with Gasteiger partial charge < -0.3 is 15.1 Å². The second-order valence-corrected chi connectivity index (χ2v) is 7.25. The lowest BCUT2D eigenvalue weighted by atomic mass is 10.1. The number of hydrogen-bond donors (Lipinski definition) is 2. The van der Waals surface area contributed by atoms with Crippen molar-refractivity contribution in [3.8, 4) is 0 Å². The molecule has 3 rings (SSSR count). The predicted molar refractivity (Wildman–Crippen MR) is 113 cm³/mol. The van der Waals surface area contributed by atoms with Crippen molar-refractivity contribution in [1.82, 2.24) is 20.4 Å². The van der Waals surface area contributed by atoms with Gasteiger partial charge in [-0.2, -0.15) is 18.3 Å². The van der Waals surface area contributed by atoms with Crippen LogP contribution in [0.4, 0.5) is 13.2 Å². The molecule has 0 atom stereocenters. The average molecular weight is 433 g/mol. The highest BCUT2D eigenvalue weighted by Crippen LogP contribution is 2.29. The van der Waals surface area contributed by atoms with Gasteiger partial charge in [0.15, 0.2) is 5.96 Å². The van der Waals surface area contributed by atoms with Gasteiger partial charge in [0, 0.05) is 37.8 Å². The minimum absolute atomic E-state index is 0.116. The predicted octanol–water partition coefficient (Wildman–Crippen LogP) is 4.13. The third-order valence-corrected chi connectivity index (χ3v) is 5.01. The standard InChI is InChI=1S/C22H26F3N5O/c1-15-20(16(2)30(3)29-15)14-28-21(26-10-9-19-8-5-11-31-19)27-13-17-6-4-7-18(12-17)22(23,24)25/h4-8,11-12H,9-10,13-14H2,1-3H3,(H2,26,27,28). The summed E-state index contributed by atoms with van der Waals surface area (Å²) in [5, 5.41) is 10.9. The van der Waals surface area contributed by atoms with Gasteiger partial charge >= 0.3 is 6.18 Å². The Hall–Kier alpha value is -3.23. The third-order valence-electron chi connectivity index (χ3n) is 5.01. The number of benzene rings is 1. The van der Waals surface area contributed by atoms with Crippen LogP contribution in [-0.4, -0.2) is 22.3 Å². The van der Waals surface area contributed by atoms with Gasteiger partial charge in [-0.1, -0.05) is 12.1 Å². The molecule has 0 aliphatic rings. The zero-order chi connectivity index (χ0) is 22.4. The molecule has 0 aliphatic heterocycles. The van der Waals surface area contributed by atoms with E-state index in [-0.39, 0.29) is 6.54 Å². The molecular formula is C22H26F3N5O. The molecule has 0 aliphatic carbocycles. The molecule has 0 saturated carbocycles. The van der Waals surface area contributed by atoms with Gasteiger partial charge in [-0.15, -0.1) is 0 Å². The molecule has 0 unspecified atom stereocenters. The first kappa shape index (κ1) is 22.5. The quantitative estimate of drug-likeness (QED) is 0.434. The molecule has 2 N–H and O–H groups in total. The van der Waals surface area contributed by atoms with E-state index in [1.165, 1.54) is 6.07 Å². The lowest BCUT2D eigenvalue weighted by Crippen LogP contribution is -2.38. The van der Waals surface area contributed by atoms with E-state index in [4.69, 9.17) is 4.42 Å². The van der Waals surface area contributed by atoms with Gasteiger partial charge in [0.2, 0.25) is 0 Å². The topological polar surface area (TPSA) is 67.4 Å². The van der Waals surface area contributed by atoms with E-state index >= 15 is 0 Å². The minimum Gasteiger partial charge on any atom is -0.469 e. The van der Waals surface area contributed by atoms with Crippen LogP contribution in [0.3, 0.4) is 0 Å². The summed E-state index contributed by atoms with van der Waals surface area (Å²) < 4.78 is 46.1. The number of alkyl halides is 3. The highest BCUT2D eigenvalue weighted by molar-refractivity contribution is 5.79. The molecule has 0 bridgehead atoms. The number of nitrogens with zero attached hydrogens (tertiary/aromatic N) is 3. The maximum atomic E-state index is 13.0. The van der Waals surface area contributed by atoms with E-state index in [1.807, 2.05) is 37.7 Å². The summed E-state index contributed by atoms with van der Waals surface area (Å²) in [6.45, 7) is 5.10. The Balaban J connectivity index is 1.71.